The van der Waals surface area contributed by atoms with Crippen LogP contribution in [0.5, 0.6) is 0 Å². The van der Waals surface area contributed by atoms with Crippen molar-refractivity contribution in [2.24, 2.45) is 0 Å². The minimum absolute atomic E-state index is 0.552. The van der Waals surface area contributed by atoms with Crippen molar-refractivity contribution in [2.45, 2.75) is 49.1 Å². The highest BCUT2D eigenvalue weighted by Crippen LogP contribution is 2.30. The zero-order valence-corrected chi connectivity index (χ0v) is 14.1. The van der Waals surface area contributed by atoms with Crippen molar-refractivity contribution < 1.29 is 0 Å². The zero-order valence-electron chi connectivity index (χ0n) is 12.5. The Bertz CT molecular complexity index is 428. The molecule has 2 unspecified atom stereocenters. The van der Waals surface area contributed by atoms with E-state index in [9.17, 15) is 0 Å². The highest BCUT2D eigenvalue weighted by atomic mass is 32.2. The average molecular weight is 313 g/mol. The number of nitrogens with zero attached hydrogens (tertiary/aromatic N) is 2. The molecule has 4 nitrogen and oxygen atoms in total. The van der Waals surface area contributed by atoms with Crippen molar-refractivity contribution in [1.82, 2.24) is 9.97 Å². The van der Waals surface area contributed by atoms with Gasteiger partial charge in [-0.15, -0.1) is 0 Å². The Morgan fingerprint density at radius 2 is 2.05 bits per heavy atom. The van der Waals surface area contributed by atoms with Gasteiger partial charge in [-0.3, -0.25) is 0 Å². The highest BCUT2D eigenvalue weighted by Gasteiger charge is 2.24. The summed E-state index contributed by atoms with van der Waals surface area (Å²) >= 11 is 3.57. The molecule has 1 heterocycles. The fraction of sp³-hybridized carbons (Fsp3) is 0.714. The number of hydrogen-bond acceptors (Lipinski definition) is 6. The number of anilines is 2. The standard InChI is InChI=1S/C14H24N4S2/c1-4-7-15-12-9-13(18-14(17-12)20-3)16-10-5-6-11(8-10)19-2/h9-11H,4-8H2,1-3H3,(H2,15,16,17,18). The molecule has 1 aliphatic carbocycles. The quantitative estimate of drug-likeness (QED) is 0.591. The molecule has 112 valence electrons. The van der Waals surface area contributed by atoms with Gasteiger partial charge in [0.25, 0.3) is 0 Å². The molecule has 0 bridgehead atoms. The molecule has 6 heteroatoms. The van der Waals surface area contributed by atoms with E-state index >= 15 is 0 Å². The summed E-state index contributed by atoms with van der Waals surface area (Å²) in [4.78, 5) is 9.06. The van der Waals surface area contributed by atoms with Crippen molar-refractivity contribution in [3.05, 3.63) is 6.07 Å². The lowest BCUT2D eigenvalue weighted by atomic mass is 10.2. The fourth-order valence-corrected chi connectivity index (χ4v) is 3.60. The van der Waals surface area contributed by atoms with E-state index in [2.05, 4.69) is 33.8 Å². The molecule has 2 atom stereocenters. The summed E-state index contributed by atoms with van der Waals surface area (Å²) in [6.45, 7) is 3.10. The maximum absolute atomic E-state index is 4.57. The lowest BCUT2D eigenvalue weighted by Gasteiger charge is -2.15. The number of hydrogen-bond donors (Lipinski definition) is 2. The summed E-state index contributed by atoms with van der Waals surface area (Å²) in [5.41, 5.74) is 0. The summed E-state index contributed by atoms with van der Waals surface area (Å²) < 4.78 is 0. The van der Waals surface area contributed by atoms with E-state index in [1.54, 1.807) is 11.8 Å². The number of aromatic nitrogens is 2. The lowest BCUT2D eigenvalue weighted by Crippen LogP contribution is -2.17. The van der Waals surface area contributed by atoms with E-state index in [0.717, 1.165) is 35.0 Å². The van der Waals surface area contributed by atoms with Gasteiger partial charge in [0.2, 0.25) is 0 Å². The van der Waals surface area contributed by atoms with Crippen LogP contribution in [0.2, 0.25) is 0 Å². The first-order valence-corrected chi connectivity index (χ1v) is 9.72. The molecule has 20 heavy (non-hydrogen) atoms. The molecule has 0 radical (unpaired) electrons. The molecule has 0 amide bonds. The van der Waals surface area contributed by atoms with E-state index in [-0.39, 0.29) is 0 Å². The molecule has 1 fully saturated rings. The molecule has 2 N–H and O–H groups in total. The summed E-state index contributed by atoms with van der Waals surface area (Å²) in [6.07, 6.45) is 9.09. The third-order valence-electron chi connectivity index (χ3n) is 3.51. The second-order valence-corrected chi connectivity index (χ2v) is 6.98. The second-order valence-electron chi connectivity index (χ2n) is 5.06. The smallest absolute Gasteiger partial charge is 0.191 e. The largest absolute Gasteiger partial charge is 0.370 e. The Labute approximate surface area is 130 Å². The molecular weight excluding hydrogens is 288 g/mol. The van der Waals surface area contributed by atoms with Gasteiger partial charge in [-0.2, -0.15) is 11.8 Å². The Kier molecular flexibility index (Phi) is 6.29. The molecule has 1 aromatic heterocycles. The highest BCUT2D eigenvalue weighted by molar-refractivity contribution is 7.99. The van der Waals surface area contributed by atoms with Crippen LogP contribution >= 0.6 is 23.5 Å². The van der Waals surface area contributed by atoms with Crippen molar-refractivity contribution in [3.63, 3.8) is 0 Å². The third kappa shape index (κ3) is 4.45. The van der Waals surface area contributed by atoms with E-state index in [4.69, 9.17) is 0 Å². The summed E-state index contributed by atoms with van der Waals surface area (Å²) in [7, 11) is 0. The molecule has 1 aromatic rings. The van der Waals surface area contributed by atoms with Crippen molar-refractivity contribution in [3.8, 4) is 0 Å². The van der Waals surface area contributed by atoms with Crippen molar-refractivity contribution in [2.75, 3.05) is 29.7 Å². The lowest BCUT2D eigenvalue weighted by molar-refractivity contribution is 0.747. The summed E-state index contributed by atoms with van der Waals surface area (Å²) in [5, 5.41) is 8.55. The van der Waals surface area contributed by atoms with Crippen LogP contribution in [-0.4, -0.2) is 40.3 Å². The van der Waals surface area contributed by atoms with Crippen LogP contribution in [0.15, 0.2) is 11.2 Å². The predicted octanol–water partition coefficient (Wildman–Crippen LogP) is 3.72. The Morgan fingerprint density at radius 3 is 2.70 bits per heavy atom. The molecule has 1 aliphatic rings. The van der Waals surface area contributed by atoms with Crippen LogP contribution in [0.1, 0.15) is 32.6 Å². The fourth-order valence-electron chi connectivity index (χ4n) is 2.43. The minimum Gasteiger partial charge on any atom is -0.370 e. The number of nitrogens with one attached hydrogen (secondary N) is 2. The molecule has 0 aromatic carbocycles. The van der Waals surface area contributed by atoms with Gasteiger partial charge < -0.3 is 10.6 Å². The minimum atomic E-state index is 0.552. The van der Waals surface area contributed by atoms with Crippen LogP contribution in [0.25, 0.3) is 0 Å². The van der Waals surface area contributed by atoms with Gasteiger partial charge in [-0.1, -0.05) is 18.7 Å². The van der Waals surface area contributed by atoms with E-state index < -0.39 is 0 Å². The van der Waals surface area contributed by atoms with Crippen molar-refractivity contribution in [1.29, 1.82) is 0 Å². The first-order chi connectivity index (χ1) is 9.75. The van der Waals surface area contributed by atoms with Gasteiger partial charge in [0.05, 0.1) is 0 Å². The maximum atomic E-state index is 4.57. The summed E-state index contributed by atoms with van der Waals surface area (Å²) in [5.74, 6) is 1.88. The molecular formula is C14H24N4S2. The van der Waals surface area contributed by atoms with Gasteiger partial charge in [0.15, 0.2) is 5.16 Å². The molecule has 2 rings (SSSR count). The number of rotatable bonds is 7. The molecule has 0 aliphatic heterocycles. The van der Waals surface area contributed by atoms with Crippen LogP contribution < -0.4 is 10.6 Å². The first kappa shape index (κ1) is 15.8. The monoisotopic (exact) mass is 312 g/mol. The Morgan fingerprint density at radius 1 is 1.25 bits per heavy atom. The van der Waals surface area contributed by atoms with Crippen LogP contribution in [0.3, 0.4) is 0 Å². The Hall–Kier alpha value is -0.620. The van der Waals surface area contributed by atoms with Crippen LogP contribution in [-0.2, 0) is 0 Å². The maximum Gasteiger partial charge on any atom is 0.191 e. The second kappa shape index (κ2) is 7.98. The Balaban J connectivity index is 2.02. The average Bonchev–Trinajstić information content (AvgIpc) is 2.92. The van der Waals surface area contributed by atoms with Gasteiger partial charge in [-0.05, 0) is 38.2 Å². The molecule has 1 saturated carbocycles. The van der Waals surface area contributed by atoms with E-state index in [1.807, 2.05) is 24.1 Å². The topological polar surface area (TPSA) is 49.8 Å². The van der Waals surface area contributed by atoms with Gasteiger partial charge in [-0.25, -0.2) is 9.97 Å². The first-order valence-electron chi connectivity index (χ1n) is 7.21. The van der Waals surface area contributed by atoms with Crippen LogP contribution in [0.4, 0.5) is 11.6 Å². The van der Waals surface area contributed by atoms with E-state index in [1.165, 1.54) is 19.3 Å². The van der Waals surface area contributed by atoms with Gasteiger partial charge in [0, 0.05) is 23.9 Å². The van der Waals surface area contributed by atoms with Gasteiger partial charge in [0.1, 0.15) is 11.6 Å². The normalized spacial score (nSPS) is 21.9. The summed E-state index contributed by atoms with van der Waals surface area (Å²) in [6, 6.07) is 2.58. The predicted molar refractivity (Wildman–Crippen MR) is 91.2 cm³/mol. The third-order valence-corrected chi connectivity index (χ3v) is 5.16. The van der Waals surface area contributed by atoms with Gasteiger partial charge >= 0.3 is 0 Å². The SMILES string of the molecule is CCCNc1cc(NC2CCC(SC)C2)nc(SC)n1. The number of thioether (sulfide) groups is 2. The zero-order chi connectivity index (χ0) is 14.4. The van der Waals surface area contributed by atoms with Crippen molar-refractivity contribution >= 4 is 35.2 Å². The van der Waals surface area contributed by atoms with Crippen LogP contribution in [0, 0.1) is 0 Å². The molecule has 0 saturated heterocycles. The van der Waals surface area contributed by atoms with E-state index in [0.29, 0.717) is 6.04 Å². The molecule has 0 spiro atoms.